The van der Waals surface area contributed by atoms with Crippen LogP contribution < -0.4 is 0 Å². The number of alkyl halides is 3. The Balaban J connectivity index is 2.75. The summed E-state index contributed by atoms with van der Waals surface area (Å²) in [6.45, 7) is 5.82. The highest BCUT2D eigenvalue weighted by Crippen LogP contribution is 2.35. The smallest absolute Gasteiger partial charge is 0.268 e. The number of halogens is 3. The minimum Gasteiger partial charge on any atom is -0.268 e. The first-order valence-corrected chi connectivity index (χ1v) is 5.65. The maximum atomic E-state index is 12.7. The Morgan fingerprint density at radius 1 is 1.11 bits per heavy atom. The summed E-state index contributed by atoms with van der Waals surface area (Å²) in [6.07, 6.45) is -4.32. The van der Waals surface area contributed by atoms with Gasteiger partial charge in [0.25, 0.3) is 0 Å². The van der Waals surface area contributed by atoms with Gasteiger partial charge >= 0.3 is 6.18 Å². The lowest BCUT2D eigenvalue weighted by Gasteiger charge is -2.16. The zero-order valence-corrected chi connectivity index (χ0v) is 10.8. The lowest BCUT2D eigenvalue weighted by atomic mass is 9.89. The van der Waals surface area contributed by atoms with Crippen LogP contribution in [0, 0.1) is 0 Å². The van der Waals surface area contributed by atoms with E-state index in [4.69, 9.17) is 0 Å². The zero-order chi connectivity index (χ0) is 13.7. The predicted octanol–water partition coefficient (Wildman–Crippen LogP) is 3.89. The second-order valence-electron chi connectivity index (χ2n) is 5.45. The van der Waals surface area contributed by atoms with Crippen molar-refractivity contribution in [3.8, 4) is 0 Å². The first kappa shape index (κ1) is 12.9. The molecule has 5 heteroatoms. The van der Waals surface area contributed by atoms with Gasteiger partial charge in [0.1, 0.15) is 0 Å². The number of aryl methyl sites for hydroxylation is 1. The summed E-state index contributed by atoms with van der Waals surface area (Å²) in [5, 5.41) is 4.90. The molecule has 2 aromatic rings. The van der Waals surface area contributed by atoms with Gasteiger partial charge in [-0.2, -0.15) is 18.3 Å². The van der Waals surface area contributed by atoms with E-state index in [1.807, 2.05) is 20.8 Å². The molecule has 0 N–H and O–H groups in total. The number of fused-ring (bicyclic) bond motifs is 1. The van der Waals surface area contributed by atoms with Gasteiger partial charge in [-0.3, -0.25) is 4.68 Å². The molecule has 0 spiro atoms. The molecule has 0 aliphatic rings. The SMILES string of the molecule is Cn1nc(C(C)(C)C)c2cc(C(F)(F)F)ccc21. The molecule has 0 radical (unpaired) electrons. The van der Waals surface area contributed by atoms with Crippen LogP contribution in [0.15, 0.2) is 18.2 Å². The van der Waals surface area contributed by atoms with Crippen molar-refractivity contribution >= 4 is 10.9 Å². The number of hydrogen-bond acceptors (Lipinski definition) is 1. The summed E-state index contributed by atoms with van der Waals surface area (Å²) in [4.78, 5) is 0. The Kier molecular flexibility index (Phi) is 2.68. The third-order valence-corrected chi connectivity index (χ3v) is 2.89. The largest absolute Gasteiger partial charge is 0.416 e. The van der Waals surface area contributed by atoms with Crippen LogP contribution in [0.4, 0.5) is 13.2 Å². The van der Waals surface area contributed by atoms with Crippen LogP contribution in [0.25, 0.3) is 10.9 Å². The number of rotatable bonds is 0. The highest BCUT2D eigenvalue weighted by molar-refractivity contribution is 5.83. The van der Waals surface area contributed by atoms with Gasteiger partial charge in [-0.05, 0) is 18.2 Å². The number of benzene rings is 1. The van der Waals surface area contributed by atoms with Gasteiger partial charge in [-0.15, -0.1) is 0 Å². The van der Waals surface area contributed by atoms with Crippen molar-refractivity contribution in [1.82, 2.24) is 9.78 Å². The van der Waals surface area contributed by atoms with Crippen LogP contribution in [-0.4, -0.2) is 9.78 Å². The fraction of sp³-hybridized carbons (Fsp3) is 0.462. The Hall–Kier alpha value is -1.52. The quantitative estimate of drug-likeness (QED) is 0.699. The fourth-order valence-corrected chi connectivity index (χ4v) is 2.00. The van der Waals surface area contributed by atoms with Crippen molar-refractivity contribution in [3.63, 3.8) is 0 Å². The molecule has 0 amide bonds. The molecule has 0 bridgehead atoms. The van der Waals surface area contributed by atoms with Gasteiger partial charge in [-0.25, -0.2) is 0 Å². The predicted molar refractivity (Wildman–Crippen MR) is 64.4 cm³/mol. The van der Waals surface area contributed by atoms with Crippen molar-refractivity contribution in [2.24, 2.45) is 7.05 Å². The van der Waals surface area contributed by atoms with E-state index in [2.05, 4.69) is 5.10 Å². The highest BCUT2D eigenvalue weighted by atomic mass is 19.4. The average molecular weight is 256 g/mol. The molecule has 0 atom stereocenters. The lowest BCUT2D eigenvalue weighted by Crippen LogP contribution is -2.13. The Morgan fingerprint density at radius 2 is 1.72 bits per heavy atom. The molecule has 18 heavy (non-hydrogen) atoms. The molecule has 0 aliphatic heterocycles. The number of nitrogens with zero attached hydrogens (tertiary/aromatic N) is 2. The molecular weight excluding hydrogens is 241 g/mol. The van der Waals surface area contributed by atoms with E-state index in [9.17, 15) is 13.2 Å². The molecule has 0 saturated carbocycles. The highest BCUT2D eigenvalue weighted by Gasteiger charge is 2.32. The van der Waals surface area contributed by atoms with Crippen LogP contribution in [0.2, 0.25) is 0 Å². The summed E-state index contributed by atoms with van der Waals surface area (Å²) < 4.78 is 39.8. The van der Waals surface area contributed by atoms with E-state index in [1.54, 1.807) is 11.7 Å². The monoisotopic (exact) mass is 256 g/mol. The standard InChI is InChI=1S/C13H15F3N2/c1-12(2,3)11-9-7-8(13(14,15)16)5-6-10(9)18(4)17-11/h5-7H,1-4H3. The Bertz CT molecular complexity index is 589. The average Bonchev–Trinajstić information content (AvgIpc) is 2.54. The topological polar surface area (TPSA) is 17.8 Å². The van der Waals surface area contributed by atoms with Crippen molar-refractivity contribution in [1.29, 1.82) is 0 Å². The summed E-state index contributed by atoms with van der Waals surface area (Å²) in [7, 11) is 1.74. The minimum atomic E-state index is -4.32. The molecule has 0 fully saturated rings. The molecule has 0 saturated heterocycles. The van der Waals surface area contributed by atoms with E-state index in [1.165, 1.54) is 12.1 Å². The third-order valence-electron chi connectivity index (χ3n) is 2.89. The first-order valence-electron chi connectivity index (χ1n) is 5.65. The van der Waals surface area contributed by atoms with Gasteiger partial charge in [0.15, 0.2) is 0 Å². The van der Waals surface area contributed by atoms with Crippen LogP contribution >= 0.6 is 0 Å². The summed E-state index contributed by atoms with van der Waals surface area (Å²) in [6, 6.07) is 3.75. The molecule has 0 unspecified atom stereocenters. The van der Waals surface area contributed by atoms with Crippen molar-refractivity contribution in [2.45, 2.75) is 32.4 Å². The maximum absolute atomic E-state index is 12.7. The number of hydrogen-bond donors (Lipinski definition) is 0. The van der Waals surface area contributed by atoms with Gasteiger partial charge in [0, 0.05) is 17.8 Å². The molecule has 1 aromatic carbocycles. The molecule has 1 heterocycles. The van der Waals surface area contributed by atoms with Crippen LogP contribution in [0.1, 0.15) is 32.0 Å². The first-order chi connectivity index (χ1) is 8.10. The van der Waals surface area contributed by atoms with Crippen LogP contribution in [0.5, 0.6) is 0 Å². The molecule has 2 rings (SSSR count). The van der Waals surface area contributed by atoms with E-state index in [0.717, 1.165) is 6.07 Å². The maximum Gasteiger partial charge on any atom is 0.416 e. The van der Waals surface area contributed by atoms with E-state index in [-0.39, 0.29) is 5.41 Å². The lowest BCUT2D eigenvalue weighted by molar-refractivity contribution is -0.137. The minimum absolute atomic E-state index is 0.288. The molecule has 0 aliphatic carbocycles. The van der Waals surface area contributed by atoms with E-state index < -0.39 is 11.7 Å². The van der Waals surface area contributed by atoms with E-state index in [0.29, 0.717) is 16.6 Å². The van der Waals surface area contributed by atoms with Crippen molar-refractivity contribution in [2.75, 3.05) is 0 Å². The van der Waals surface area contributed by atoms with Gasteiger partial charge in [-0.1, -0.05) is 20.8 Å². The fourth-order valence-electron chi connectivity index (χ4n) is 2.00. The van der Waals surface area contributed by atoms with E-state index >= 15 is 0 Å². The molecule has 2 nitrogen and oxygen atoms in total. The zero-order valence-electron chi connectivity index (χ0n) is 10.8. The van der Waals surface area contributed by atoms with Crippen LogP contribution in [-0.2, 0) is 18.6 Å². The molecule has 98 valence electrons. The van der Waals surface area contributed by atoms with Crippen molar-refractivity contribution in [3.05, 3.63) is 29.5 Å². The van der Waals surface area contributed by atoms with Crippen molar-refractivity contribution < 1.29 is 13.2 Å². The summed E-state index contributed by atoms with van der Waals surface area (Å²) in [5.74, 6) is 0. The second-order valence-corrected chi connectivity index (χ2v) is 5.45. The van der Waals surface area contributed by atoms with Gasteiger partial charge in [0.05, 0.1) is 16.8 Å². The van der Waals surface area contributed by atoms with Gasteiger partial charge < -0.3 is 0 Å². The summed E-state index contributed by atoms with van der Waals surface area (Å²) in [5.41, 5.74) is 0.483. The molecule has 1 aromatic heterocycles. The Morgan fingerprint density at radius 3 is 2.22 bits per heavy atom. The van der Waals surface area contributed by atoms with Gasteiger partial charge in [0.2, 0.25) is 0 Å². The second kappa shape index (κ2) is 3.73. The Labute approximate surface area is 103 Å². The molecular formula is C13H15F3N2. The number of aromatic nitrogens is 2. The normalized spacial score (nSPS) is 13.3. The third kappa shape index (κ3) is 2.09. The van der Waals surface area contributed by atoms with Crippen LogP contribution in [0.3, 0.4) is 0 Å². The summed E-state index contributed by atoms with van der Waals surface area (Å²) >= 11 is 0.